The van der Waals surface area contributed by atoms with Gasteiger partial charge in [-0.15, -0.1) is 0 Å². The molecule has 0 saturated heterocycles. The van der Waals surface area contributed by atoms with Crippen LogP contribution < -0.4 is 10.2 Å². The first-order valence-corrected chi connectivity index (χ1v) is 7.79. The van der Waals surface area contributed by atoms with Crippen LogP contribution in [0.4, 0.5) is 5.69 Å². The van der Waals surface area contributed by atoms with Gasteiger partial charge in [-0.2, -0.15) is 0 Å². The first-order chi connectivity index (χ1) is 11.9. The number of nitrogens with one attached hydrogen (secondary N) is 1. The molecule has 3 N–H and O–H groups in total. The summed E-state index contributed by atoms with van der Waals surface area (Å²) in [5.74, 6) is -0.907. The molecule has 0 aliphatic carbocycles. The Morgan fingerprint density at radius 2 is 1.88 bits per heavy atom. The van der Waals surface area contributed by atoms with E-state index in [4.69, 9.17) is 0 Å². The number of carbonyl (C=O) groups excluding carboxylic acids is 2. The molecule has 2 aromatic carbocycles. The molecule has 1 aliphatic rings. The van der Waals surface area contributed by atoms with Crippen molar-refractivity contribution in [1.82, 2.24) is 10.2 Å². The number of phenolic OH excluding ortho intramolecular Hbond substituents is 2. The number of hydrogen-bond acceptors (Lipinski definition) is 5. The van der Waals surface area contributed by atoms with E-state index in [-0.39, 0.29) is 29.9 Å². The quantitative estimate of drug-likeness (QED) is 0.735. The van der Waals surface area contributed by atoms with Crippen molar-refractivity contribution in [2.24, 2.45) is 0 Å². The van der Waals surface area contributed by atoms with E-state index in [1.165, 1.54) is 17.0 Å². The van der Waals surface area contributed by atoms with Gasteiger partial charge in [0.2, 0.25) is 5.91 Å². The van der Waals surface area contributed by atoms with E-state index in [2.05, 4.69) is 5.32 Å². The normalized spacial score (nSPS) is 16.6. The molecule has 0 saturated carbocycles. The molecule has 2 aromatic rings. The molecule has 0 radical (unpaired) electrons. The predicted molar refractivity (Wildman–Crippen MR) is 92.5 cm³/mol. The van der Waals surface area contributed by atoms with Gasteiger partial charge in [-0.3, -0.25) is 9.59 Å². The molecule has 7 heteroatoms. The SMILES string of the molecule is CNC(=O)CN1c2ccccc2C(=O)N(C)C1c1ccc(O)c(O)c1. The van der Waals surface area contributed by atoms with E-state index >= 15 is 0 Å². The third-order valence-electron chi connectivity index (χ3n) is 4.32. The highest BCUT2D eigenvalue weighted by atomic mass is 16.3. The van der Waals surface area contributed by atoms with Crippen LogP contribution in [0.5, 0.6) is 11.5 Å². The lowest BCUT2D eigenvalue weighted by molar-refractivity contribution is -0.119. The zero-order chi connectivity index (χ0) is 18.1. The number of benzene rings is 2. The molecule has 1 heterocycles. The number of nitrogens with zero attached hydrogens (tertiary/aromatic N) is 2. The molecule has 1 aliphatic heterocycles. The highest BCUT2D eigenvalue weighted by Gasteiger charge is 2.37. The zero-order valence-electron chi connectivity index (χ0n) is 13.9. The summed E-state index contributed by atoms with van der Waals surface area (Å²) in [7, 11) is 3.19. The van der Waals surface area contributed by atoms with Crippen molar-refractivity contribution >= 4 is 17.5 Å². The maximum atomic E-state index is 12.7. The number of anilines is 1. The number of likely N-dealkylation sites (N-methyl/N-ethyl adjacent to an activating group) is 1. The van der Waals surface area contributed by atoms with Gasteiger partial charge in [-0.05, 0) is 29.8 Å². The Morgan fingerprint density at radius 3 is 2.56 bits per heavy atom. The van der Waals surface area contributed by atoms with E-state index < -0.39 is 6.17 Å². The fraction of sp³-hybridized carbons (Fsp3) is 0.222. The minimum absolute atomic E-state index is 0.0391. The van der Waals surface area contributed by atoms with Gasteiger partial charge < -0.3 is 25.3 Å². The van der Waals surface area contributed by atoms with Gasteiger partial charge in [0.15, 0.2) is 11.5 Å². The van der Waals surface area contributed by atoms with Crippen LogP contribution in [0.25, 0.3) is 0 Å². The lowest BCUT2D eigenvalue weighted by atomic mass is 10.0. The second-order valence-electron chi connectivity index (χ2n) is 5.86. The summed E-state index contributed by atoms with van der Waals surface area (Å²) >= 11 is 0. The first-order valence-electron chi connectivity index (χ1n) is 7.79. The Bertz CT molecular complexity index is 837. The molecule has 3 rings (SSSR count). The van der Waals surface area contributed by atoms with Crippen LogP contribution in [0.15, 0.2) is 42.5 Å². The monoisotopic (exact) mass is 341 g/mol. The Balaban J connectivity index is 2.14. The average Bonchev–Trinajstić information content (AvgIpc) is 2.62. The molecule has 1 atom stereocenters. The number of rotatable bonds is 3. The van der Waals surface area contributed by atoms with Gasteiger partial charge in [-0.25, -0.2) is 0 Å². The summed E-state index contributed by atoms with van der Waals surface area (Å²) in [5.41, 5.74) is 1.74. The molecule has 7 nitrogen and oxygen atoms in total. The van der Waals surface area contributed by atoms with Crippen LogP contribution in [0, 0.1) is 0 Å². The molecule has 1 unspecified atom stereocenters. The van der Waals surface area contributed by atoms with Crippen LogP contribution in [-0.4, -0.2) is 47.6 Å². The van der Waals surface area contributed by atoms with Crippen molar-refractivity contribution in [3.8, 4) is 11.5 Å². The van der Waals surface area contributed by atoms with Gasteiger partial charge in [-0.1, -0.05) is 18.2 Å². The van der Waals surface area contributed by atoms with E-state index in [0.717, 1.165) is 0 Å². The molecule has 0 aromatic heterocycles. The Hall–Kier alpha value is -3.22. The summed E-state index contributed by atoms with van der Waals surface area (Å²) in [6, 6.07) is 11.5. The third kappa shape index (κ3) is 2.84. The van der Waals surface area contributed by atoms with Crippen molar-refractivity contribution in [2.45, 2.75) is 6.17 Å². The number of hydrogen-bond donors (Lipinski definition) is 3. The Labute approximate surface area is 145 Å². The van der Waals surface area contributed by atoms with Gasteiger partial charge in [0.1, 0.15) is 6.17 Å². The lowest BCUT2D eigenvalue weighted by Gasteiger charge is -2.43. The Kier molecular flexibility index (Phi) is 4.22. The molecule has 25 heavy (non-hydrogen) atoms. The van der Waals surface area contributed by atoms with Gasteiger partial charge in [0.25, 0.3) is 5.91 Å². The maximum absolute atomic E-state index is 12.7. The van der Waals surface area contributed by atoms with Gasteiger partial charge >= 0.3 is 0 Å². The molecular weight excluding hydrogens is 322 g/mol. The molecule has 2 amide bonds. The molecule has 0 spiro atoms. The predicted octanol–water partition coefficient (Wildman–Crippen LogP) is 1.43. The summed E-state index contributed by atoms with van der Waals surface area (Å²) in [6.07, 6.45) is -0.591. The van der Waals surface area contributed by atoms with Crippen LogP contribution >= 0.6 is 0 Å². The van der Waals surface area contributed by atoms with Crippen LogP contribution in [0.2, 0.25) is 0 Å². The minimum Gasteiger partial charge on any atom is -0.504 e. The maximum Gasteiger partial charge on any atom is 0.257 e. The fourth-order valence-electron chi connectivity index (χ4n) is 3.06. The van der Waals surface area contributed by atoms with Crippen LogP contribution in [-0.2, 0) is 4.79 Å². The second kappa shape index (κ2) is 6.35. The summed E-state index contributed by atoms with van der Waals surface area (Å²) in [5, 5.41) is 22.0. The third-order valence-corrected chi connectivity index (χ3v) is 4.32. The number of phenols is 2. The summed E-state index contributed by atoms with van der Waals surface area (Å²) in [4.78, 5) is 28.1. The van der Waals surface area contributed by atoms with E-state index in [0.29, 0.717) is 16.8 Å². The van der Waals surface area contributed by atoms with Crippen molar-refractivity contribution < 1.29 is 19.8 Å². The van der Waals surface area contributed by atoms with Crippen molar-refractivity contribution in [2.75, 3.05) is 25.5 Å². The van der Waals surface area contributed by atoms with Crippen LogP contribution in [0.3, 0.4) is 0 Å². The number of aromatic hydroxyl groups is 2. The van der Waals surface area contributed by atoms with E-state index in [9.17, 15) is 19.8 Å². The molecular formula is C18H19N3O4. The number of carbonyl (C=O) groups is 2. The minimum atomic E-state index is -0.591. The lowest BCUT2D eigenvalue weighted by Crippen LogP contribution is -2.50. The topological polar surface area (TPSA) is 93.1 Å². The first kappa shape index (κ1) is 16.6. The Morgan fingerprint density at radius 1 is 1.16 bits per heavy atom. The van der Waals surface area contributed by atoms with Gasteiger partial charge in [0.05, 0.1) is 17.8 Å². The van der Waals surface area contributed by atoms with E-state index in [1.54, 1.807) is 49.3 Å². The largest absolute Gasteiger partial charge is 0.504 e. The molecule has 0 fully saturated rings. The van der Waals surface area contributed by atoms with Gasteiger partial charge in [0, 0.05) is 14.1 Å². The highest BCUT2D eigenvalue weighted by molar-refractivity contribution is 6.02. The standard InChI is InChI=1S/C18H19N3O4/c1-19-16(24)10-21-13-6-4-3-5-12(13)18(25)20(2)17(21)11-7-8-14(22)15(23)9-11/h3-9,17,22-23H,10H2,1-2H3,(H,19,24). The molecule has 0 bridgehead atoms. The second-order valence-corrected chi connectivity index (χ2v) is 5.86. The number of para-hydroxylation sites is 1. The molecule has 130 valence electrons. The highest BCUT2D eigenvalue weighted by Crippen LogP contribution is 2.39. The van der Waals surface area contributed by atoms with Crippen molar-refractivity contribution in [3.63, 3.8) is 0 Å². The zero-order valence-corrected chi connectivity index (χ0v) is 13.9. The average molecular weight is 341 g/mol. The summed E-state index contributed by atoms with van der Waals surface area (Å²) < 4.78 is 0. The smallest absolute Gasteiger partial charge is 0.257 e. The van der Waals surface area contributed by atoms with Crippen molar-refractivity contribution in [1.29, 1.82) is 0 Å². The summed E-state index contributed by atoms with van der Waals surface area (Å²) in [6.45, 7) is 0.0391. The number of fused-ring (bicyclic) bond motifs is 1. The fourth-order valence-corrected chi connectivity index (χ4v) is 3.06. The van der Waals surface area contributed by atoms with Crippen LogP contribution in [0.1, 0.15) is 22.1 Å². The van der Waals surface area contributed by atoms with Crippen molar-refractivity contribution in [3.05, 3.63) is 53.6 Å². The number of amides is 2. The van der Waals surface area contributed by atoms with E-state index in [1.807, 2.05) is 0 Å².